The van der Waals surface area contributed by atoms with E-state index in [1.807, 2.05) is 4.90 Å². The van der Waals surface area contributed by atoms with E-state index in [-0.39, 0.29) is 23.6 Å². The zero-order valence-corrected chi connectivity index (χ0v) is 12.5. The normalized spacial score (nSPS) is 21.9. The van der Waals surface area contributed by atoms with Crippen molar-refractivity contribution in [2.45, 2.75) is 32.7 Å². The Morgan fingerprint density at radius 1 is 1.20 bits per heavy atom. The van der Waals surface area contributed by atoms with Crippen LogP contribution >= 0.6 is 0 Å². The molecule has 1 atom stereocenters. The van der Waals surface area contributed by atoms with Gasteiger partial charge >= 0.3 is 0 Å². The summed E-state index contributed by atoms with van der Waals surface area (Å²) in [5, 5.41) is 3.43. The number of halogens is 2. The molecule has 1 N–H and O–H groups in total. The summed E-state index contributed by atoms with van der Waals surface area (Å²) in [4.78, 5) is 1.87. The number of hydrogen-bond acceptors (Lipinski definition) is 2. The number of benzene rings is 1. The van der Waals surface area contributed by atoms with E-state index in [9.17, 15) is 8.78 Å². The summed E-state index contributed by atoms with van der Waals surface area (Å²) in [6.45, 7) is 8.34. The molecule has 20 heavy (non-hydrogen) atoms. The maximum absolute atomic E-state index is 14.3. The van der Waals surface area contributed by atoms with Gasteiger partial charge in [0.15, 0.2) is 0 Å². The topological polar surface area (TPSA) is 15.3 Å². The second-order valence-electron chi connectivity index (χ2n) is 6.68. The molecule has 1 fully saturated rings. The Bertz CT molecular complexity index is 426. The van der Waals surface area contributed by atoms with E-state index in [2.05, 4.69) is 26.1 Å². The highest BCUT2D eigenvalue weighted by Crippen LogP contribution is 2.30. The zero-order chi connectivity index (χ0) is 14.8. The van der Waals surface area contributed by atoms with E-state index < -0.39 is 5.92 Å². The van der Waals surface area contributed by atoms with Gasteiger partial charge in [0.25, 0.3) is 5.92 Å². The monoisotopic (exact) mass is 282 g/mol. The van der Waals surface area contributed by atoms with E-state index in [0.29, 0.717) is 13.1 Å². The molecular formula is C16H24F2N2. The number of piperazine rings is 1. The molecule has 1 saturated heterocycles. The van der Waals surface area contributed by atoms with Crippen molar-refractivity contribution in [1.82, 2.24) is 10.2 Å². The van der Waals surface area contributed by atoms with Crippen LogP contribution in [0.2, 0.25) is 0 Å². The average Bonchev–Trinajstić information content (AvgIpc) is 2.38. The highest BCUT2D eigenvalue weighted by atomic mass is 19.3. The van der Waals surface area contributed by atoms with Crippen LogP contribution in [0.15, 0.2) is 30.3 Å². The van der Waals surface area contributed by atoms with Crippen LogP contribution in [0.1, 0.15) is 26.3 Å². The summed E-state index contributed by atoms with van der Waals surface area (Å²) in [5.74, 6) is -2.79. The summed E-state index contributed by atoms with van der Waals surface area (Å²) >= 11 is 0. The molecule has 0 saturated carbocycles. The average molecular weight is 282 g/mol. The summed E-state index contributed by atoms with van der Waals surface area (Å²) in [6, 6.07) is 8.35. The predicted molar refractivity (Wildman–Crippen MR) is 78.0 cm³/mol. The molecule has 1 unspecified atom stereocenters. The lowest BCUT2D eigenvalue weighted by molar-refractivity contribution is -0.0472. The molecule has 0 radical (unpaired) electrons. The van der Waals surface area contributed by atoms with E-state index in [1.165, 1.54) is 12.1 Å². The minimum Gasteiger partial charge on any atom is -0.311 e. The molecule has 4 heteroatoms. The van der Waals surface area contributed by atoms with E-state index >= 15 is 0 Å². The van der Waals surface area contributed by atoms with Crippen LogP contribution in [0.4, 0.5) is 8.78 Å². The Labute approximate surface area is 120 Å². The van der Waals surface area contributed by atoms with Crippen LogP contribution < -0.4 is 5.32 Å². The van der Waals surface area contributed by atoms with Crippen LogP contribution in [-0.2, 0) is 5.92 Å². The molecule has 0 aliphatic carbocycles. The van der Waals surface area contributed by atoms with Crippen molar-refractivity contribution >= 4 is 0 Å². The Balaban J connectivity index is 2.02. The van der Waals surface area contributed by atoms with Crippen molar-refractivity contribution in [3.8, 4) is 0 Å². The van der Waals surface area contributed by atoms with Crippen LogP contribution in [0.25, 0.3) is 0 Å². The number of hydrogen-bond donors (Lipinski definition) is 1. The van der Waals surface area contributed by atoms with Gasteiger partial charge in [0.2, 0.25) is 0 Å². The first-order valence-corrected chi connectivity index (χ1v) is 7.18. The summed E-state index contributed by atoms with van der Waals surface area (Å²) in [7, 11) is 0. The van der Waals surface area contributed by atoms with Crippen molar-refractivity contribution in [1.29, 1.82) is 0 Å². The molecule has 1 heterocycles. The maximum atomic E-state index is 14.3. The fraction of sp³-hybridized carbons (Fsp3) is 0.625. The SMILES string of the molecule is CC(C)(C)C1CN(CC(F)(F)c2ccccc2)CCN1. The van der Waals surface area contributed by atoms with Gasteiger partial charge < -0.3 is 5.32 Å². The minimum atomic E-state index is -2.79. The molecule has 2 nitrogen and oxygen atoms in total. The number of nitrogens with one attached hydrogen (secondary N) is 1. The predicted octanol–water partition coefficient (Wildman–Crippen LogP) is 3.10. The molecule has 0 amide bonds. The van der Waals surface area contributed by atoms with Gasteiger partial charge in [-0.3, -0.25) is 4.90 Å². The molecule has 112 valence electrons. The fourth-order valence-corrected chi connectivity index (χ4v) is 2.59. The fourth-order valence-electron chi connectivity index (χ4n) is 2.59. The van der Waals surface area contributed by atoms with Gasteiger partial charge in [-0.15, -0.1) is 0 Å². The lowest BCUT2D eigenvalue weighted by Gasteiger charge is -2.41. The highest BCUT2D eigenvalue weighted by molar-refractivity contribution is 5.20. The lowest BCUT2D eigenvalue weighted by Crippen LogP contribution is -2.57. The third-order valence-electron chi connectivity index (χ3n) is 3.92. The second kappa shape index (κ2) is 5.78. The number of rotatable bonds is 3. The first-order valence-electron chi connectivity index (χ1n) is 7.18. The van der Waals surface area contributed by atoms with Gasteiger partial charge in [0.05, 0.1) is 6.54 Å². The van der Waals surface area contributed by atoms with E-state index in [0.717, 1.165) is 6.54 Å². The molecule has 1 aliphatic rings. The molecule has 2 rings (SSSR count). The first-order chi connectivity index (χ1) is 9.29. The van der Waals surface area contributed by atoms with Crippen LogP contribution in [-0.4, -0.2) is 37.1 Å². The molecular weight excluding hydrogens is 258 g/mol. The molecule has 0 aromatic heterocycles. The lowest BCUT2D eigenvalue weighted by atomic mass is 9.85. The van der Waals surface area contributed by atoms with Crippen molar-refractivity contribution in [2.75, 3.05) is 26.2 Å². The Morgan fingerprint density at radius 3 is 2.45 bits per heavy atom. The van der Waals surface area contributed by atoms with Gasteiger partial charge in [-0.2, -0.15) is 8.78 Å². The first kappa shape index (κ1) is 15.4. The van der Waals surface area contributed by atoms with Crippen molar-refractivity contribution in [3.63, 3.8) is 0 Å². The zero-order valence-electron chi connectivity index (χ0n) is 12.5. The third kappa shape index (κ3) is 3.76. The Hall–Kier alpha value is -1.00. The molecule has 1 aliphatic heterocycles. The van der Waals surface area contributed by atoms with Gasteiger partial charge in [-0.1, -0.05) is 51.1 Å². The summed E-state index contributed by atoms with van der Waals surface area (Å²) < 4.78 is 28.6. The Kier molecular flexibility index (Phi) is 4.45. The van der Waals surface area contributed by atoms with Crippen LogP contribution in [0.5, 0.6) is 0 Å². The molecule has 0 bridgehead atoms. The standard InChI is InChI=1S/C16H24F2N2/c1-15(2,3)14-11-20(10-9-19-14)12-16(17,18)13-7-5-4-6-8-13/h4-8,14,19H,9-12H2,1-3H3. The van der Waals surface area contributed by atoms with Crippen LogP contribution in [0.3, 0.4) is 0 Å². The molecule has 1 aromatic rings. The summed E-state index contributed by atoms with van der Waals surface area (Å²) in [6.07, 6.45) is 0. The van der Waals surface area contributed by atoms with E-state index in [4.69, 9.17) is 0 Å². The largest absolute Gasteiger partial charge is 0.311 e. The highest BCUT2D eigenvalue weighted by Gasteiger charge is 2.37. The van der Waals surface area contributed by atoms with Gasteiger partial charge in [-0.05, 0) is 5.41 Å². The Morgan fingerprint density at radius 2 is 1.85 bits per heavy atom. The third-order valence-corrected chi connectivity index (χ3v) is 3.92. The van der Waals surface area contributed by atoms with Crippen molar-refractivity contribution < 1.29 is 8.78 Å². The maximum Gasteiger partial charge on any atom is 0.285 e. The van der Waals surface area contributed by atoms with Crippen LogP contribution in [0, 0.1) is 5.41 Å². The van der Waals surface area contributed by atoms with Gasteiger partial charge in [0.1, 0.15) is 0 Å². The molecule has 0 spiro atoms. The van der Waals surface area contributed by atoms with Gasteiger partial charge in [0, 0.05) is 31.2 Å². The van der Waals surface area contributed by atoms with E-state index in [1.54, 1.807) is 18.2 Å². The smallest absolute Gasteiger partial charge is 0.285 e. The quantitative estimate of drug-likeness (QED) is 0.916. The van der Waals surface area contributed by atoms with Crippen molar-refractivity contribution in [3.05, 3.63) is 35.9 Å². The minimum absolute atomic E-state index is 0.0840. The number of alkyl halides is 2. The van der Waals surface area contributed by atoms with Gasteiger partial charge in [-0.25, -0.2) is 0 Å². The summed E-state index contributed by atoms with van der Waals surface area (Å²) in [5.41, 5.74) is 0.187. The van der Waals surface area contributed by atoms with Crippen molar-refractivity contribution in [2.24, 2.45) is 5.41 Å². The second-order valence-corrected chi connectivity index (χ2v) is 6.68. The molecule has 1 aromatic carbocycles. The number of nitrogens with zero attached hydrogens (tertiary/aromatic N) is 1.